The number of halogens is 1. The lowest BCUT2D eigenvalue weighted by molar-refractivity contribution is 0.0534. The molecule has 3 heterocycles. The first-order valence-electron chi connectivity index (χ1n) is 8.26. The Morgan fingerprint density at radius 2 is 1.62 bits per heavy atom. The number of carbonyl (C=O) groups excluding carboxylic acids is 2. The number of pyridine rings is 1. The Morgan fingerprint density at radius 3 is 2.35 bits per heavy atom. The van der Waals surface area contributed by atoms with Gasteiger partial charge in [0.2, 0.25) is 0 Å². The van der Waals surface area contributed by atoms with E-state index < -0.39 is 0 Å². The summed E-state index contributed by atoms with van der Waals surface area (Å²) in [6, 6.07) is 11.1. The minimum absolute atomic E-state index is 0.0213. The third kappa shape index (κ3) is 3.16. The quantitative estimate of drug-likeness (QED) is 0.547. The van der Waals surface area contributed by atoms with Gasteiger partial charge in [-0.25, -0.2) is 0 Å². The standard InChI is InChI=1S/C18H16IN5O2/c19-15-4-2-1-3-14(15)18(26)23-9-7-22(8-10-23)17(25)13-5-6-16-21-20-12-24(16)11-13/h1-6,11-12H,7-10H2. The van der Waals surface area contributed by atoms with Crippen LogP contribution in [0.1, 0.15) is 20.7 Å². The van der Waals surface area contributed by atoms with Gasteiger partial charge in [0.15, 0.2) is 5.65 Å². The highest BCUT2D eigenvalue weighted by Crippen LogP contribution is 2.16. The zero-order chi connectivity index (χ0) is 18.1. The summed E-state index contributed by atoms with van der Waals surface area (Å²) in [7, 11) is 0. The van der Waals surface area contributed by atoms with Crippen LogP contribution in [0.25, 0.3) is 5.65 Å². The molecule has 4 rings (SSSR count). The van der Waals surface area contributed by atoms with E-state index >= 15 is 0 Å². The molecule has 0 saturated carbocycles. The lowest BCUT2D eigenvalue weighted by Gasteiger charge is -2.35. The fraction of sp³-hybridized carbons (Fsp3) is 0.222. The highest BCUT2D eigenvalue weighted by molar-refractivity contribution is 14.1. The summed E-state index contributed by atoms with van der Waals surface area (Å²) in [5.74, 6) is -0.0185. The molecule has 1 aliphatic heterocycles. The van der Waals surface area contributed by atoms with Crippen molar-refractivity contribution in [1.29, 1.82) is 0 Å². The number of benzene rings is 1. The summed E-state index contributed by atoms with van der Waals surface area (Å²) >= 11 is 2.18. The van der Waals surface area contributed by atoms with Crippen LogP contribution in [-0.4, -0.2) is 62.4 Å². The summed E-state index contributed by atoms with van der Waals surface area (Å²) < 4.78 is 2.67. The fourth-order valence-electron chi connectivity index (χ4n) is 3.05. The van der Waals surface area contributed by atoms with Gasteiger partial charge in [-0.15, -0.1) is 10.2 Å². The second-order valence-corrected chi connectivity index (χ2v) is 7.24. The van der Waals surface area contributed by atoms with Gasteiger partial charge in [-0.05, 0) is 46.9 Å². The van der Waals surface area contributed by atoms with Crippen LogP contribution in [0.5, 0.6) is 0 Å². The van der Waals surface area contributed by atoms with Crippen molar-refractivity contribution in [3.8, 4) is 0 Å². The number of hydrogen-bond donors (Lipinski definition) is 0. The van der Waals surface area contributed by atoms with E-state index in [1.54, 1.807) is 34.0 Å². The first-order valence-corrected chi connectivity index (χ1v) is 9.34. The van der Waals surface area contributed by atoms with Crippen molar-refractivity contribution in [2.45, 2.75) is 0 Å². The normalized spacial score (nSPS) is 14.7. The Hall–Kier alpha value is -2.49. The Balaban J connectivity index is 1.43. The van der Waals surface area contributed by atoms with Crippen LogP contribution in [0.3, 0.4) is 0 Å². The van der Waals surface area contributed by atoms with Crippen LogP contribution in [0.15, 0.2) is 48.9 Å². The molecule has 0 bridgehead atoms. The molecule has 0 atom stereocenters. The summed E-state index contributed by atoms with van der Waals surface area (Å²) in [6.07, 6.45) is 3.31. The van der Waals surface area contributed by atoms with Gasteiger partial charge in [-0.3, -0.25) is 14.0 Å². The predicted octanol–water partition coefficient (Wildman–Crippen LogP) is 1.93. The molecule has 0 radical (unpaired) electrons. The number of rotatable bonds is 2. The van der Waals surface area contributed by atoms with E-state index in [1.165, 1.54) is 0 Å². The van der Waals surface area contributed by atoms with Crippen LogP contribution in [0.4, 0.5) is 0 Å². The van der Waals surface area contributed by atoms with Crippen molar-refractivity contribution in [3.63, 3.8) is 0 Å². The van der Waals surface area contributed by atoms with E-state index in [-0.39, 0.29) is 11.8 Å². The molecule has 1 fully saturated rings. The number of fused-ring (bicyclic) bond motifs is 1. The largest absolute Gasteiger partial charge is 0.335 e. The third-order valence-corrected chi connectivity index (χ3v) is 5.44. The molecule has 3 aromatic rings. The monoisotopic (exact) mass is 461 g/mol. The van der Waals surface area contributed by atoms with Crippen LogP contribution in [0, 0.1) is 3.57 Å². The lowest BCUT2D eigenvalue weighted by Crippen LogP contribution is -2.50. The third-order valence-electron chi connectivity index (χ3n) is 4.50. The molecule has 0 unspecified atom stereocenters. The number of amides is 2. The number of hydrogen-bond acceptors (Lipinski definition) is 4. The molecule has 0 aliphatic carbocycles. The smallest absolute Gasteiger partial charge is 0.255 e. The second kappa shape index (κ2) is 7.02. The van der Waals surface area contributed by atoms with Crippen LogP contribution >= 0.6 is 22.6 Å². The molecule has 8 heteroatoms. The van der Waals surface area contributed by atoms with E-state index in [9.17, 15) is 9.59 Å². The number of nitrogens with zero attached hydrogens (tertiary/aromatic N) is 5. The van der Waals surface area contributed by atoms with Crippen LogP contribution in [-0.2, 0) is 0 Å². The van der Waals surface area contributed by atoms with Crippen molar-refractivity contribution in [1.82, 2.24) is 24.4 Å². The Labute approximate surface area is 163 Å². The molecule has 26 heavy (non-hydrogen) atoms. The number of piperazine rings is 1. The molecule has 2 aromatic heterocycles. The van der Waals surface area contributed by atoms with E-state index in [1.807, 2.05) is 29.2 Å². The molecule has 0 N–H and O–H groups in total. The van der Waals surface area contributed by atoms with Crippen LogP contribution < -0.4 is 0 Å². The highest BCUT2D eigenvalue weighted by atomic mass is 127. The van der Waals surface area contributed by atoms with Gasteiger partial charge in [0, 0.05) is 35.9 Å². The summed E-state index contributed by atoms with van der Waals surface area (Å²) in [5.41, 5.74) is 2.01. The van der Waals surface area contributed by atoms with Crippen molar-refractivity contribution in [2.24, 2.45) is 0 Å². The summed E-state index contributed by atoms with van der Waals surface area (Å²) in [4.78, 5) is 29.0. The molecule has 2 amide bonds. The topological polar surface area (TPSA) is 70.8 Å². The van der Waals surface area contributed by atoms with Crippen molar-refractivity contribution < 1.29 is 9.59 Å². The van der Waals surface area contributed by atoms with Gasteiger partial charge in [-0.1, -0.05) is 12.1 Å². The number of aromatic nitrogens is 3. The zero-order valence-electron chi connectivity index (χ0n) is 13.9. The summed E-state index contributed by atoms with van der Waals surface area (Å²) in [6.45, 7) is 2.11. The van der Waals surface area contributed by atoms with Crippen molar-refractivity contribution in [2.75, 3.05) is 26.2 Å². The minimum Gasteiger partial charge on any atom is -0.335 e. The van der Waals surface area contributed by atoms with Crippen molar-refractivity contribution >= 4 is 40.1 Å². The first-order chi connectivity index (χ1) is 12.6. The second-order valence-electron chi connectivity index (χ2n) is 6.08. The molecule has 1 aromatic carbocycles. The van der Waals surface area contributed by atoms with Crippen LogP contribution in [0.2, 0.25) is 0 Å². The van der Waals surface area contributed by atoms with Gasteiger partial charge >= 0.3 is 0 Å². The van der Waals surface area contributed by atoms with Gasteiger partial charge in [0.1, 0.15) is 6.33 Å². The molecular weight excluding hydrogens is 445 g/mol. The van der Waals surface area contributed by atoms with Gasteiger partial charge in [-0.2, -0.15) is 0 Å². The Bertz CT molecular complexity index is 978. The number of carbonyl (C=O) groups is 2. The van der Waals surface area contributed by atoms with E-state index in [4.69, 9.17) is 0 Å². The van der Waals surface area contributed by atoms with Gasteiger partial charge in [0.25, 0.3) is 11.8 Å². The van der Waals surface area contributed by atoms with E-state index in [0.717, 1.165) is 3.57 Å². The predicted molar refractivity (Wildman–Crippen MR) is 104 cm³/mol. The summed E-state index contributed by atoms with van der Waals surface area (Å²) in [5, 5.41) is 7.76. The molecule has 132 valence electrons. The SMILES string of the molecule is O=C(c1ccc2nncn2c1)N1CCN(C(=O)c2ccccc2I)CC1. The fourth-order valence-corrected chi connectivity index (χ4v) is 3.67. The average Bonchev–Trinajstić information content (AvgIpc) is 3.15. The van der Waals surface area contributed by atoms with Gasteiger partial charge < -0.3 is 9.80 Å². The van der Waals surface area contributed by atoms with Gasteiger partial charge in [0.05, 0.1) is 11.1 Å². The zero-order valence-corrected chi connectivity index (χ0v) is 16.0. The Morgan fingerprint density at radius 1 is 0.923 bits per heavy atom. The molecular formula is C18H16IN5O2. The first kappa shape index (κ1) is 17.0. The lowest BCUT2D eigenvalue weighted by atomic mass is 10.1. The Kier molecular flexibility index (Phi) is 4.58. The van der Waals surface area contributed by atoms with E-state index in [2.05, 4.69) is 32.8 Å². The highest BCUT2D eigenvalue weighted by Gasteiger charge is 2.26. The van der Waals surface area contributed by atoms with Crippen molar-refractivity contribution in [3.05, 3.63) is 63.6 Å². The average molecular weight is 461 g/mol. The maximum Gasteiger partial charge on any atom is 0.255 e. The minimum atomic E-state index is -0.0398. The molecule has 1 saturated heterocycles. The maximum atomic E-state index is 12.7. The van der Waals surface area contributed by atoms with E-state index in [0.29, 0.717) is 43.0 Å². The molecule has 0 spiro atoms. The maximum absolute atomic E-state index is 12.7. The molecule has 7 nitrogen and oxygen atoms in total. The molecule has 1 aliphatic rings.